The van der Waals surface area contributed by atoms with E-state index in [2.05, 4.69) is 31.8 Å². The van der Waals surface area contributed by atoms with Crippen LogP contribution in [0.15, 0.2) is 70.2 Å². The third kappa shape index (κ3) is 7.31. The largest absolute Gasteiger partial charge is 0.493 e. The summed E-state index contributed by atoms with van der Waals surface area (Å²) in [6.45, 7) is -0.323. The second-order valence-electron chi connectivity index (χ2n) is 7.33. The van der Waals surface area contributed by atoms with Crippen LogP contribution in [0.25, 0.3) is 0 Å². The van der Waals surface area contributed by atoms with Crippen molar-refractivity contribution in [3.63, 3.8) is 0 Å². The molecule has 0 aliphatic carbocycles. The van der Waals surface area contributed by atoms with Gasteiger partial charge in [-0.15, -0.1) is 0 Å². The molecular formula is C26H24BrN3O7. The average Bonchev–Trinajstić information content (AvgIpc) is 2.91. The topological polar surface area (TPSA) is 125 Å². The summed E-state index contributed by atoms with van der Waals surface area (Å²) in [7, 11) is 4.33. The third-order valence-corrected chi connectivity index (χ3v) is 5.59. The lowest BCUT2D eigenvalue weighted by atomic mass is 10.1. The van der Waals surface area contributed by atoms with Crippen molar-refractivity contribution >= 4 is 39.9 Å². The van der Waals surface area contributed by atoms with Crippen LogP contribution in [0, 0.1) is 0 Å². The number of methoxy groups -OCH3 is 3. The van der Waals surface area contributed by atoms with Crippen LogP contribution in [-0.2, 0) is 4.79 Å². The Kier molecular flexibility index (Phi) is 9.61. The molecular weight excluding hydrogens is 546 g/mol. The summed E-state index contributed by atoms with van der Waals surface area (Å²) < 4.78 is 21.7. The Labute approximate surface area is 221 Å². The Balaban J connectivity index is 1.54. The van der Waals surface area contributed by atoms with Crippen molar-refractivity contribution in [2.45, 2.75) is 0 Å². The lowest BCUT2D eigenvalue weighted by Crippen LogP contribution is -2.34. The van der Waals surface area contributed by atoms with E-state index in [-0.39, 0.29) is 12.1 Å². The van der Waals surface area contributed by atoms with Gasteiger partial charge in [0.25, 0.3) is 11.8 Å². The van der Waals surface area contributed by atoms with Crippen molar-refractivity contribution in [2.24, 2.45) is 5.10 Å². The van der Waals surface area contributed by atoms with Gasteiger partial charge in [-0.3, -0.25) is 9.59 Å². The molecule has 3 aromatic rings. The van der Waals surface area contributed by atoms with E-state index in [1.54, 1.807) is 48.5 Å². The fourth-order valence-corrected chi connectivity index (χ4v) is 3.59. The van der Waals surface area contributed by atoms with Gasteiger partial charge in [-0.05, 0) is 57.9 Å². The van der Waals surface area contributed by atoms with Gasteiger partial charge >= 0.3 is 5.97 Å². The van der Waals surface area contributed by atoms with Crippen LogP contribution >= 0.6 is 15.9 Å². The van der Waals surface area contributed by atoms with Crippen LogP contribution < -0.4 is 29.7 Å². The molecule has 0 unspecified atom stereocenters. The number of hydrazone groups is 1. The number of carbonyl (C=O) groups excluding carboxylic acids is 3. The lowest BCUT2D eigenvalue weighted by Gasteiger charge is -2.14. The van der Waals surface area contributed by atoms with Gasteiger partial charge in [0.2, 0.25) is 5.75 Å². The Hall–Kier alpha value is -4.38. The zero-order valence-corrected chi connectivity index (χ0v) is 21.8. The van der Waals surface area contributed by atoms with Crippen molar-refractivity contribution in [3.05, 3.63) is 81.8 Å². The maximum Gasteiger partial charge on any atom is 0.344 e. The lowest BCUT2D eigenvalue weighted by molar-refractivity contribution is -0.120. The number of esters is 1. The van der Waals surface area contributed by atoms with Gasteiger partial charge in [0.15, 0.2) is 11.5 Å². The summed E-state index contributed by atoms with van der Waals surface area (Å²) in [4.78, 5) is 37.0. The molecule has 0 bridgehead atoms. The minimum Gasteiger partial charge on any atom is -0.493 e. The van der Waals surface area contributed by atoms with Gasteiger partial charge in [-0.25, -0.2) is 10.2 Å². The van der Waals surface area contributed by atoms with Crippen molar-refractivity contribution in [2.75, 3.05) is 27.9 Å². The quantitative estimate of drug-likeness (QED) is 0.165. The summed E-state index contributed by atoms with van der Waals surface area (Å²) in [6, 6.07) is 16.5. The molecule has 11 heteroatoms. The summed E-state index contributed by atoms with van der Waals surface area (Å²) in [5.41, 5.74) is 3.52. The van der Waals surface area contributed by atoms with Crippen molar-refractivity contribution in [3.8, 4) is 23.0 Å². The summed E-state index contributed by atoms with van der Waals surface area (Å²) in [6.07, 6.45) is 1.38. The molecule has 2 amide bonds. The van der Waals surface area contributed by atoms with Crippen molar-refractivity contribution in [1.82, 2.24) is 10.7 Å². The molecule has 0 spiro atoms. The smallest absolute Gasteiger partial charge is 0.344 e. The molecule has 192 valence electrons. The van der Waals surface area contributed by atoms with Gasteiger partial charge < -0.3 is 24.3 Å². The van der Waals surface area contributed by atoms with Gasteiger partial charge in [0, 0.05) is 10.0 Å². The fourth-order valence-electron chi connectivity index (χ4n) is 3.14. The highest BCUT2D eigenvalue weighted by atomic mass is 79.9. The molecule has 0 radical (unpaired) electrons. The van der Waals surface area contributed by atoms with E-state index in [0.29, 0.717) is 38.6 Å². The molecule has 0 saturated carbocycles. The number of nitrogens with zero attached hydrogens (tertiary/aromatic N) is 1. The molecule has 0 aromatic heterocycles. The number of hydrogen-bond donors (Lipinski definition) is 2. The Morgan fingerprint density at radius 1 is 0.919 bits per heavy atom. The van der Waals surface area contributed by atoms with Gasteiger partial charge in [-0.1, -0.05) is 24.3 Å². The number of hydrogen-bond acceptors (Lipinski definition) is 8. The molecule has 0 atom stereocenters. The number of carbonyl (C=O) groups is 3. The third-order valence-electron chi connectivity index (χ3n) is 4.90. The fraction of sp³-hybridized carbons (Fsp3) is 0.154. The van der Waals surface area contributed by atoms with Crippen molar-refractivity contribution in [1.29, 1.82) is 0 Å². The minimum atomic E-state index is -0.548. The molecule has 37 heavy (non-hydrogen) atoms. The Bertz CT molecular complexity index is 1300. The summed E-state index contributed by atoms with van der Waals surface area (Å²) in [5.74, 6) is -0.297. The molecule has 0 fully saturated rings. The molecule has 0 heterocycles. The number of rotatable bonds is 10. The first-order valence-electron chi connectivity index (χ1n) is 10.8. The van der Waals surface area contributed by atoms with E-state index in [9.17, 15) is 14.4 Å². The zero-order valence-electron chi connectivity index (χ0n) is 20.2. The second-order valence-corrected chi connectivity index (χ2v) is 8.19. The maximum atomic E-state index is 12.5. The highest BCUT2D eigenvalue weighted by molar-refractivity contribution is 9.10. The van der Waals surface area contributed by atoms with Crippen LogP contribution in [0.3, 0.4) is 0 Å². The number of amides is 2. The van der Waals surface area contributed by atoms with Crippen LogP contribution in [0.5, 0.6) is 23.0 Å². The van der Waals surface area contributed by atoms with E-state index in [0.717, 1.165) is 0 Å². The predicted octanol–water partition coefficient (Wildman–Crippen LogP) is 3.57. The van der Waals surface area contributed by atoms with Crippen LogP contribution in [-0.4, -0.2) is 51.9 Å². The number of ether oxygens (including phenoxy) is 4. The normalized spacial score (nSPS) is 10.5. The van der Waals surface area contributed by atoms with E-state index in [1.165, 1.54) is 39.7 Å². The first kappa shape index (κ1) is 27.2. The molecule has 0 saturated heterocycles. The second kappa shape index (κ2) is 13.1. The molecule has 10 nitrogen and oxygen atoms in total. The SMILES string of the molecule is COc1cc(C(=O)NCC(=O)N/N=C\c2cccc(OC(=O)c3ccccc3Br)c2)cc(OC)c1OC. The average molecular weight is 570 g/mol. The van der Waals surface area contributed by atoms with Crippen molar-refractivity contribution < 1.29 is 33.3 Å². The predicted molar refractivity (Wildman–Crippen MR) is 140 cm³/mol. The van der Waals surface area contributed by atoms with E-state index in [1.807, 2.05) is 0 Å². The van der Waals surface area contributed by atoms with Crippen LogP contribution in [0.4, 0.5) is 0 Å². The van der Waals surface area contributed by atoms with E-state index in [4.69, 9.17) is 18.9 Å². The van der Waals surface area contributed by atoms with Gasteiger partial charge in [-0.2, -0.15) is 5.10 Å². The van der Waals surface area contributed by atoms with Crippen LogP contribution in [0.1, 0.15) is 26.3 Å². The summed E-state index contributed by atoms with van der Waals surface area (Å²) in [5, 5.41) is 6.38. The molecule has 0 aliphatic rings. The zero-order chi connectivity index (χ0) is 26.8. The minimum absolute atomic E-state index is 0.222. The molecule has 3 rings (SSSR count). The van der Waals surface area contributed by atoms with Gasteiger partial charge in [0.05, 0.1) is 39.7 Å². The molecule has 0 aliphatic heterocycles. The number of benzene rings is 3. The first-order chi connectivity index (χ1) is 17.9. The summed E-state index contributed by atoms with van der Waals surface area (Å²) >= 11 is 3.32. The highest BCUT2D eigenvalue weighted by Crippen LogP contribution is 2.38. The monoisotopic (exact) mass is 569 g/mol. The Morgan fingerprint density at radius 2 is 1.62 bits per heavy atom. The van der Waals surface area contributed by atoms with E-state index >= 15 is 0 Å². The number of nitrogens with one attached hydrogen (secondary N) is 2. The highest BCUT2D eigenvalue weighted by Gasteiger charge is 2.17. The Morgan fingerprint density at radius 3 is 2.27 bits per heavy atom. The molecule has 3 aromatic carbocycles. The van der Waals surface area contributed by atoms with Crippen LogP contribution in [0.2, 0.25) is 0 Å². The molecule has 2 N–H and O–H groups in total. The number of halogens is 1. The van der Waals surface area contributed by atoms with Gasteiger partial charge in [0.1, 0.15) is 5.75 Å². The maximum absolute atomic E-state index is 12.5. The van der Waals surface area contributed by atoms with E-state index < -0.39 is 17.8 Å². The first-order valence-corrected chi connectivity index (χ1v) is 11.6. The standard InChI is InChI=1S/C26H24BrN3O7/c1-34-21-12-17(13-22(35-2)24(21)36-3)25(32)28-15-23(31)30-29-14-16-7-6-8-18(11-16)37-26(33)19-9-4-5-10-20(19)27/h4-14H,15H2,1-3H3,(H,28,32)(H,30,31)/b29-14-.